The van der Waals surface area contributed by atoms with E-state index in [4.69, 9.17) is 0 Å². The number of benzene rings is 2. The Hall–Kier alpha value is -4.00. The maximum Gasteiger partial charge on any atom is 0.234 e. The minimum absolute atomic E-state index is 0.0230. The fraction of sp³-hybridized carbons (Fsp3) is 0.200. The van der Waals surface area contributed by atoms with Crippen LogP contribution in [-0.2, 0) is 16.0 Å². The maximum atomic E-state index is 12.8. The minimum atomic E-state index is -0.377. The van der Waals surface area contributed by atoms with E-state index in [0.717, 1.165) is 23.4 Å². The standard InChI is InChI=1S/C25H23N5O2/c1-2-17-4-10-21(11-5-17)30-15-19(14-23(30)31)24(32)27-20-8-6-18(7-9-20)22-16-29-13-3-12-26-25(29)28-22/h3-13,16,19H,2,14-15H2,1H3,(H,27,32). The summed E-state index contributed by atoms with van der Waals surface area (Å²) in [5.41, 5.74) is 4.50. The highest BCUT2D eigenvalue weighted by Gasteiger charge is 2.35. The molecule has 4 aromatic rings. The molecule has 1 unspecified atom stereocenters. The van der Waals surface area contributed by atoms with Gasteiger partial charge < -0.3 is 10.2 Å². The fourth-order valence-electron chi connectivity index (χ4n) is 3.98. The molecule has 0 bridgehead atoms. The molecule has 2 amide bonds. The first-order valence-corrected chi connectivity index (χ1v) is 10.7. The molecule has 160 valence electrons. The van der Waals surface area contributed by atoms with Gasteiger partial charge in [-0.2, -0.15) is 0 Å². The van der Waals surface area contributed by atoms with Crippen LogP contribution < -0.4 is 10.2 Å². The van der Waals surface area contributed by atoms with Crippen LogP contribution in [-0.4, -0.2) is 32.7 Å². The van der Waals surface area contributed by atoms with Crippen molar-refractivity contribution in [2.45, 2.75) is 19.8 Å². The van der Waals surface area contributed by atoms with Crippen molar-refractivity contribution in [3.63, 3.8) is 0 Å². The number of nitrogens with one attached hydrogen (secondary N) is 1. The van der Waals surface area contributed by atoms with E-state index in [9.17, 15) is 9.59 Å². The lowest BCUT2D eigenvalue weighted by atomic mass is 10.1. The van der Waals surface area contributed by atoms with Gasteiger partial charge in [0, 0.05) is 48.5 Å². The van der Waals surface area contributed by atoms with Crippen molar-refractivity contribution in [2.75, 3.05) is 16.8 Å². The van der Waals surface area contributed by atoms with Crippen LogP contribution in [0.5, 0.6) is 0 Å². The Morgan fingerprint density at radius 2 is 1.91 bits per heavy atom. The predicted molar refractivity (Wildman–Crippen MR) is 123 cm³/mol. The highest BCUT2D eigenvalue weighted by Crippen LogP contribution is 2.27. The second kappa shape index (κ2) is 8.26. The van der Waals surface area contributed by atoms with E-state index in [1.807, 2.05) is 71.4 Å². The molecule has 2 aromatic carbocycles. The zero-order valence-electron chi connectivity index (χ0n) is 17.7. The van der Waals surface area contributed by atoms with Gasteiger partial charge in [0.1, 0.15) is 0 Å². The van der Waals surface area contributed by atoms with Crippen molar-refractivity contribution in [1.29, 1.82) is 0 Å². The number of aromatic nitrogens is 3. The lowest BCUT2D eigenvalue weighted by molar-refractivity contribution is -0.122. The van der Waals surface area contributed by atoms with Gasteiger partial charge in [0.05, 0.1) is 11.6 Å². The molecule has 1 saturated heterocycles. The van der Waals surface area contributed by atoms with E-state index >= 15 is 0 Å². The summed E-state index contributed by atoms with van der Waals surface area (Å²) >= 11 is 0. The molecule has 0 aliphatic carbocycles. The van der Waals surface area contributed by atoms with E-state index in [1.165, 1.54) is 5.56 Å². The van der Waals surface area contributed by atoms with Gasteiger partial charge >= 0.3 is 0 Å². The summed E-state index contributed by atoms with van der Waals surface area (Å²) < 4.78 is 1.86. The first-order valence-electron chi connectivity index (χ1n) is 10.7. The summed E-state index contributed by atoms with van der Waals surface area (Å²) in [6.45, 7) is 2.49. The first-order chi connectivity index (χ1) is 15.6. The molecule has 1 fully saturated rings. The van der Waals surface area contributed by atoms with Crippen molar-refractivity contribution in [3.8, 4) is 11.3 Å². The summed E-state index contributed by atoms with van der Waals surface area (Å²) in [6.07, 6.45) is 6.69. The summed E-state index contributed by atoms with van der Waals surface area (Å²) in [6, 6.07) is 17.3. The molecule has 1 atom stereocenters. The summed E-state index contributed by atoms with van der Waals surface area (Å²) in [5.74, 6) is 0.0955. The molecule has 1 aliphatic heterocycles. The molecule has 0 saturated carbocycles. The maximum absolute atomic E-state index is 12.8. The third kappa shape index (κ3) is 3.85. The number of hydrogen-bond acceptors (Lipinski definition) is 4. The molecule has 0 spiro atoms. The fourth-order valence-corrected chi connectivity index (χ4v) is 3.98. The Kier molecular flexibility index (Phi) is 5.15. The number of amides is 2. The van der Waals surface area contributed by atoms with Gasteiger partial charge in [-0.3, -0.25) is 14.0 Å². The van der Waals surface area contributed by atoms with Crippen molar-refractivity contribution < 1.29 is 9.59 Å². The number of anilines is 2. The third-order valence-electron chi connectivity index (χ3n) is 5.84. The van der Waals surface area contributed by atoms with Crippen molar-refractivity contribution in [2.24, 2.45) is 5.92 Å². The van der Waals surface area contributed by atoms with E-state index < -0.39 is 0 Å². The van der Waals surface area contributed by atoms with Crippen LogP contribution in [0.4, 0.5) is 11.4 Å². The Labute approximate surface area is 185 Å². The number of rotatable bonds is 5. The highest BCUT2D eigenvalue weighted by molar-refractivity contribution is 6.03. The Morgan fingerprint density at radius 3 is 2.62 bits per heavy atom. The summed E-state index contributed by atoms with van der Waals surface area (Å²) in [7, 11) is 0. The molecule has 3 heterocycles. The van der Waals surface area contributed by atoms with Gasteiger partial charge in [-0.1, -0.05) is 31.2 Å². The van der Waals surface area contributed by atoms with Gasteiger partial charge in [0.2, 0.25) is 17.6 Å². The van der Waals surface area contributed by atoms with Crippen LogP contribution >= 0.6 is 0 Å². The molecule has 1 aliphatic rings. The van der Waals surface area contributed by atoms with Crippen molar-refractivity contribution in [1.82, 2.24) is 14.4 Å². The third-order valence-corrected chi connectivity index (χ3v) is 5.84. The number of imidazole rings is 1. The molecule has 5 rings (SSSR count). The van der Waals surface area contributed by atoms with Crippen LogP contribution in [0, 0.1) is 5.92 Å². The summed E-state index contributed by atoms with van der Waals surface area (Å²) in [5, 5.41) is 2.94. The predicted octanol–water partition coefficient (Wildman–Crippen LogP) is 3.95. The lowest BCUT2D eigenvalue weighted by Gasteiger charge is -2.17. The number of carbonyl (C=O) groups is 2. The molecular weight excluding hydrogens is 402 g/mol. The molecule has 32 heavy (non-hydrogen) atoms. The Balaban J connectivity index is 1.25. The zero-order chi connectivity index (χ0) is 22.1. The molecule has 0 radical (unpaired) electrons. The number of nitrogens with zero attached hydrogens (tertiary/aromatic N) is 4. The molecule has 7 heteroatoms. The lowest BCUT2D eigenvalue weighted by Crippen LogP contribution is -2.28. The Morgan fingerprint density at radius 1 is 1.12 bits per heavy atom. The number of carbonyl (C=O) groups excluding carboxylic acids is 2. The van der Waals surface area contributed by atoms with Crippen LogP contribution in [0.25, 0.3) is 17.0 Å². The van der Waals surface area contributed by atoms with Crippen LogP contribution in [0.1, 0.15) is 18.9 Å². The quantitative estimate of drug-likeness (QED) is 0.525. The van der Waals surface area contributed by atoms with Crippen LogP contribution in [0.15, 0.2) is 73.2 Å². The van der Waals surface area contributed by atoms with E-state index in [1.54, 1.807) is 11.1 Å². The average molecular weight is 425 g/mol. The van der Waals surface area contributed by atoms with Gasteiger partial charge in [-0.05, 0) is 42.3 Å². The molecular formula is C25H23N5O2. The molecule has 7 nitrogen and oxygen atoms in total. The second-order valence-electron chi connectivity index (χ2n) is 7.95. The smallest absolute Gasteiger partial charge is 0.234 e. The number of aryl methyl sites for hydroxylation is 1. The second-order valence-corrected chi connectivity index (χ2v) is 7.95. The summed E-state index contributed by atoms with van der Waals surface area (Å²) in [4.78, 5) is 35.7. The average Bonchev–Trinajstić information content (AvgIpc) is 3.43. The van der Waals surface area contributed by atoms with E-state index in [0.29, 0.717) is 18.0 Å². The van der Waals surface area contributed by atoms with Gasteiger partial charge in [-0.15, -0.1) is 0 Å². The van der Waals surface area contributed by atoms with Gasteiger partial charge in [0.25, 0.3) is 0 Å². The SMILES string of the molecule is CCc1ccc(N2CC(C(=O)Nc3ccc(-c4cn5cccnc5n4)cc3)CC2=O)cc1. The van der Waals surface area contributed by atoms with Crippen LogP contribution in [0.2, 0.25) is 0 Å². The minimum Gasteiger partial charge on any atom is -0.326 e. The molecule has 1 N–H and O–H groups in total. The monoisotopic (exact) mass is 425 g/mol. The zero-order valence-corrected chi connectivity index (χ0v) is 17.7. The van der Waals surface area contributed by atoms with Crippen LogP contribution in [0.3, 0.4) is 0 Å². The van der Waals surface area contributed by atoms with E-state index in [2.05, 4.69) is 22.2 Å². The van der Waals surface area contributed by atoms with Gasteiger partial charge in [0.15, 0.2) is 0 Å². The highest BCUT2D eigenvalue weighted by atomic mass is 16.2. The van der Waals surface area contributed by atoms with Crippen molar-refractivity contribution in [3.05, 3.63) is 78.8 Å². The number of fused-ring (bicyclic) bond motifs is 1. The molecule has 2 aromatic heterocycles. The van der Waals surface area contributed by atoms with Gasteiger partial charge in [-0.25, -0.2) is 9.97 Å². The van der Waals surface area contributed by atoms with Crippen molar-refractivity contribution >= 4 is 29.0 Å². The van der Waals surface area contributed by atoms with E-state index in [-0.39, 0.29) is 24.2 Å². The normalized spacial score (nSPS) is 16.0. The number of hydrogen-bond donors (Lipinski definition) is 1. The largest absolute Gasteiger partial charge is 0.326 e. The first kappa shape index (κ1) is 19.9. The topological polar surface area (TPSA) is 79.6 Å². The Bertz CT molecular complexity index is 1240.